The highest BCUT2D eigenvalue weighted by atomic mass is 127. The van der Waals surface area contributed by atoms with Crippen molar-refractivity contribution >= 4 is 34.2 Å². The molecule has 0 fully saturated rings. The van der Waals surface area contributed by atoms with Crippen molar-refractivity contribution in [1.29, 1.82) is 0 Å². The molecule has 0 saturated heterocycles. The highest BCUT2D eigenvalue weighted by molar-refractivity contribution is 14.1. The largest absolute Gasteiger partial charge is 0.325 e. The zero-order valence-corrected chi connectivity index (χ0v) is 10.5. The van der Waals surface area contributed by atoms with Crippen LogP contribution in [0.2, 0.25) is 0 Å². The first-order chi connectivity index (χ1) is 7.08. The highest BCUT2D eigenvalue weighted by Gasteiger charge is 2.22. The Labute approximate surface area is 101 Å². The van der Waals surface area contributed by atoms with Gasteiger partial charge >= 0.3 is 0 Å². The van der Waals surface area contributed by atoms with E-state index in [1.807, 2.05) is 6.92 Å². The smallest absolute Gasteiger partial charge is 0.237 e. The second-order valence-electron chi connectivity index (χ2n) is 3.75. The third-order valence-electron chi connectivity index (χ3n) is 2.58. The lowest BCUT2D eigenvalue weighted by atomic mass is 10.0. The standard InChI is InChI=1S/C11H11FINO/c1-6-4-8(12)5-7-2-3-9(13)11(15)14-10(6)7/h4-5,9H,2-3H2,1H3,(H,14,15). The quantitative estimate of drug-likeness (QED) is 0.578. The molecule has 0 aliphatic carbocycles. The number of rotatable bonds is 0. The first kappa shape index (κ1) is 10.9. The van der Waals surface area contributed by atoms with Crippen molar-refractivity contribution in [1.82, 2.24) is 0 Å². The maximum Gasteiger partial charge on any atom is 0.237 e. The summed E-state index contributed by atoms with van der Waals surface area (Å²) in [6.07, 6.45) is 1.52. The number of aryl methyl sites for hydroxylation is 2. The van der Waals surface area contributed by atoms with Gasteiger partial charge in [-0.15, -0.1) is 0 Å². The van der Waals surface area contributed by atoms with Gasteiger partial charge in [-0.05, 0) is 43.0 Å². The van der Waals surface area contributed by atoms with Gasteiger partial charge in [-0.2, -0.15) is 0 Å². The summed E-state index contributed by atoms with van der Waals surface area (Å²) in [7, 11) is 0. The van der Waals surface area contributed by atoms with Gasteiger partial charge < -0.3 is 5.32 Å². The zero-order chi connectivity index (χ0) is 11.0. The molecule has 2 nitrogen and oxygen atoms in total. The molecule has 1 unspecified atom stereocenters. The molecule has 1 amide bonds. The lowest BCUT2D eigenvalue weighted by Crippen LogP contribution is -2.21. The van der Waals surface area contributed by atoms with Gasteiger partial charge in [0.2, 0.25) is 5.91 Å². The minimum absolute atomic E-state index is 0.0176. The highest BCUT2D eigenvalue weighted by Crippen LogP contribution is 2.28. The number of carbonyl (C=O) groups excluding carboxylic acids is 1. The maximum absolute atomic E-state index is 13.2. The third-order valence-corrected chi connectivity index (χ3v) is 3.77. The third kappa shape index (κ3) is 2.14. The van der Waals surface area contributed by atoms with Gasteiger partial charge in [-0.1, -0.05) is 22.6 Å². The van der Waals surface area contributed by atoms with Gasteiger partial charge in [-0.3, -0.25) is 4.79 Å². The summed E-state index contributed by atoms with van der Waals surface area (Å²) in [5.74, 6) is -0.212. The van der Waals surface area contributed by atoms with E-state index in [-0.39, 0.29) is 15.6 Å². The van der Waals surface area contributed by atoms with E-state index in [4.69, 9.17) is 0 Å². The number of nitrogens with one attached hydrogen (secondary N) is 1. The van der Waals surface area contributed by atoms with Crippen molar-refractivity contribution in [3.05, 3.63) is 29.1 Å². The fraction of sp³-hybridized carbons (Fsp3) is 0.364. The number of fused-ring (bicyclic) bond motifs is 1. The van der Waals surface area contributed by atoms with Crippen LogP contribution in [0, 0.1) is 12.7 Å². The molecule has 1 aromatic rings. The molecule has 2 rings (SSSR count). The molecule has 15 heavy (non-hydrogen) atoms. The van der Waals surface area contributed by atoms with Gasteiger partial charge in [0.15, 0.2) is 0 Å². The minimum atomic E-state index is -0.229. The van der Waals surface area contributed by atoms with Crippen LogP contribution in [0.4, 0.5) is 10.1 Å². The molecule has 1 aliphatic rings. The number of benzene rings is 1. The number of carbonyl (C=O) groups is 1. The molecule has 0 bridgehead atoms. The maximum atomic E-state index is 13.2. The summed E-state index contributed by atoms with van der Waals surface area (Å²) in [6.45, 7) is 1.82. The zero-order valence-electron chi connectivity index (χ0n) is 8.31. The average Bonchev–Trinajstić information content (AvgIpc) is 2.30. The van der Waals surface area contributed by atoms with E-state index in [1.165, 1.54) is 12.1 Å². The molecule has 1 aliphatic heterocycles. The van der Waals surface area contributed by atoms with Crippen LogP contribution in [0.1, 0.15) is 17.5 Å². The normalized spacial score (nSPS) is 20.5. The molecule has 0 spiro atoms. The number of hydrogen-bond donors (Lipinski definition) is 1. The monoisotopic (exact) mass is 319 g/mol. The second kappa shape index (κ2) is 4.08. The fourth-order valence-electron chi connectivity index (χ4n) is 1.80. The van der Waals surface area contributed by atoms with E-state index in [0.717, 1.165) is 29.7 Å². The van der Waals surface area contributed by atoms with Crippen molar-refractivity contribution in [2.24, 2.45) is 0 Å². The van der Waals surface area contributed by atoms with Crippen molar-refractivity contribution in [2.45, 2.75) is 23.7 Å². The molecule has 1 N–H and O–H groups in total. The lowest BCUT2D eigenvalue weighted by Gasteiger charge is -2.10. The number of halogens is 2. The molecular weight excluding hydrogens is 308 g/mol. The second-order valence-corrected chi connectivity index (χ2v) is 5.26. The summed E-state index contributed by atoms with van der Waals surface area (Å²) in [5, 5.41) is 2.85. The van der Waals surface area contributed by atoms with Crippen LogP contribution in [0.3, 0.4) is 0 Å². The van der Waals surface area contributed by atoms with Gasteiger partial charge in [0.1, 0.15) is 5.82 Å². The summed E-state index contributed by atoms with van der Waals surface area (Å²) in [4.78, 5) is 11.6. The number of amides is 1. The molecule has 80 valence electrons. The van der Waals surface area contributed by atoms with Crippen LogP contribution in [-0.4, -0.2) is 9.83 Å². The molecule has 1 aromatic carbocycles. The van der Waals surface area contributed by atoms with E-state index in [0.29, 0.717) is 0 Å². The van der Waals surface area contributed by atoms with Crippen molar-refractivity contribution in [2.75, 3.05) is 5.32 Å². The number of hydrogen-bond acceptors (Lipinski definition) is 1. The van der Waals surface area contributed by atoms with Crippen LogP contribution in [0.5, 0.6) is 0 Å². The molecule has 0 radical (unpaired) electrons. The topological polar surface area (TPSA) is 29.1 Å². The number of alkyl halides is 1. The first-order valence-electron chi connectivity index (χ1n) is 4.82. The van der Waals surface area contributed by atoms with E-state index in [2.05, 4.69) is 27.9 Å². The Kier molecular flexibility index (Phi) is 2.95. The molecule has 1 heterocycles. The van der Waals surface area contributed by atoms with Crippen molar-refractivity contribution in [3.63, 3.8) is 0 Å². The summed E-state index contributed by atoms with van der Waals surface area (Å²) in [5.41, 5.74) is 2.49. The van der Waals surface area contributed by atoms with Gasteiger partial charge in [0.05, 0.1) is 3.92 Å². The van der Waals surface area contributed by atoms with Crippen molar-refractivity contribution < 1.29 is 9.18 Å². The van der Waals surface area contributed by atoms with Crippen LogP contribution in [0.25, 0.3) is 0 Å². The predicted molar refractivity (Wildman–Crippen MR) is 65.9 cm³/mol. The van der Waals surface area contributed by atoms with Gasteiger partial charge in [-0.25, -0.2) is 4.39 Å². The van der Waals surface area contributed by atoms with Gasteiger partial charge in [0, 0.05) is 5.69 Å². The van der Waals surface area contributed by atoms with Crippen LogP contribution in [-0.2, 0) is 11.2 Å². The van der Waals surface area contributed by atoms with Crippen LogP contribution >= 0.6 is 22.6 Å². The minimum Gasteiger partial charge on any atom is -0.325 e. The Morgan fingerprint density at radius 2 is 2.27 bits per heavy atom. The van der Waals surface area contributed by atoms with Crippen LogP contribution in [0.15, 0.2) is 12.1 Å². The Morgan fingerprint density at radius 1 is 1.53 bits per heavy atom. The van der Waals surface area contributed by atoms with E-state index < -0.39 is 0 Å². The Hall–Kier alpha value is -0.650. The predicted octanol–water partition coefficient (Wildman–Crippen LogP) is 2.82. The molecule has 0 saturated carbocycles. The lowest BCUT2D eigenvalue weighted by molar-refractivity contribution is -0.115. The fourth-order valence-corrected chi connectivity index (χ4v) is 2.27. The molecule has 4 heteroatoms. The Morgan fingerprint density at radius 3 is 3.00 bits per heavy atom. The molecular formula is C11H11FINO. The van der Waals surface area contributed by atoms with E-state index in [1.54, 1.807) is 0 Å². The summed E-state index contributed by atoms with van der Waals surface area (Å²) >= 11 is 2.12. The summed E-state index contributed by atoms with van der Waals surface area (Å²) < 4.78 is 13.1. The Bertz CT molecular complexity index is 419. The number of anilines is 1. The first-order valence-corrected chi connectivity index (χ1v) is 6.06. The SMILES string of the molecule is Cc1cc(F)cc2c1NC(=O)C(I)CC2. The average molecular weight is 319 g/mol. The van der Waals surface area contributed by atoms with Crippen LogP contribution < -0.4 is 5.32 Å². The molecule has 1 atom stereocenters. The van der Waals surface area contributed by atoms with E-state index >= 15 is 0 Å². The van der Waals surface area contributed by atoms with Gasteiger partial charge in [0.25, 0.3) is 0 Å². The molecule has 0 aromatic heterocycles. The summed E-state index contributed by atoms with van der Waals surface area (Å²) in [6, 6.07) is 2.96. The van der Waals surface area contributed by atoms with Crippen molar-refractivity contribution in [3.8, 4) is 0 Å². The van der Waals surface area contributed by atoms with E-state index in [9.17, 15) is 9.18 Å². The Balaban J connectivity index is 2.47.